The Labute approximate surface area is 116 Å². The van der Waals surface area contributed by atoms with E-state index in [2.05, 4.69) is 16.7 Å². The molecule has 0 unspecified atom stereocenters. The SMILES string of the molecule is C(#CCN1CCCCC1)COc1ccccc1.Cl. The Morgan fingerprint density at radius 2 is 1.72 bits per heavy atom. The zero-order valence-electron chi connectivity index (χ0n) is 10.6. The maximum atomic E-state index is 5.50. The molecule has 2 nitrogen and oxygen atoms in total. The molecule has 0 aromatic heterocycles. The van der Waals surface area contributed by atoms with E-state index in [9.17, 15) is 0 Å². The van der Waals surface area contributed by atoms with Crippen LogP contribution in [0.4, 0.5) is 0 Å². The van der Waals surface area contributed by atoms with Crippen LogP contribution in [0.25, 0.3) is 0 Å². The first-order valence-electron chi connectivity index (χ1n) is 6.31. The smallest absolute Gasteiger partial charge is 0.149 e. The molecule has 1 saturated heterocycles. The molecule has 1 fully saturated rings. The lowest BCUT2D eigenvalue weighted by Gasteiger charge is -2.23. The van der Waals surface area contributed by atoms with Gasteiger partial charge in [0.1, 0.15) is 12.4 Å². The molecule has 3 heteroatoms. The average molecular weight is 266 g/mol. The van der Waals surface area contributed by atoms with Gasteiger partial charge in [0.2, 0.25) is 0 Å². The molecule has 18 heavy (non-hydrogen) atoms. The van der Waals surface area contributed by atoms with Crippen molar-refractivity contribution in [3.63, 3.8) is 0 Å². The van der Waals surface area contributed by atoms with E-state index in [4.69, 9.17) is 4.74 Å². The number of piperidine rings is 1. The second kappa shape index (κ2) is 8.85. The summed E-state index contributed by atoms with van der Waals surface area (Å²) in [7, 11) is 0. The third kappa shape index (κ3) is 5.44. The van der Waals surface area contributed by atoms with Gasteiger partial charge < -0.3 is 4.74 Å². The number of ether oxygens (including phenoxy) is 1. The topological polar surface area (TPSA) is 12.5 Å². The lowest BCUT2D eigenvalue weighted by atomic mass is 10.1. The number of likely N-dealkylation sites (tertiary alicyclic amines) is 1. The van der Waals surface area contributed by atoms with Crippen LogP contribution in [-0.2, 0) is 0 Å². The quantitative estimate of drug-likeness (QED) is 0.779. The summed E-state index contributed by atoms with van der Waals surface area (Å²) in [6.07, 6.45) is 4.02. The first-order chi connectivity index (χ1) is 8.45. The highest BCUT2D eigenvalue weighted by atomic mass is 35.5. The number of rotatable bonds is 3. The van der Waals surface area contributed by atoms with Gasteiger partial charge in [-0.15, -0.1) is 12.4 Å². The normalized spacial score (nSPS) is 15.1. The zero-order chi connectivity index (χ0) is 11.8. The molecule has 2 rings (SSSR count). The van der Waals surface area contributed by atoms with Crippen LogP contribution in [0.3, 0.4) is 0 Å². The number of nitrogens with zero attached hydrogens (tertiary/aromatic N) is 1. The van der Waals surface area contributed by atoms with Gasteiger partial charge >= 0.3 is 0 Å². The second-order valence-electron chi connectivity index (χ2n) is 4.29. The molecule has 0 N–H and O–H groups in total. The lowest BCUT2D eigenvalue weighted by Crippen LogP contribution is -2.29. The van der Waals surface area contributed by atoms with Gasteiger partial charge in [0, 0.05) is 0 Å². The van der Waals surface area contributed by atoms with Gasteiger partial charge in [-0.25, -0.2) is 0 Å². The fourth-order valence-electron chi connectivity index (χ4n) is 1.97. The Morgan fingerprint density at radius 3 is 2.44 bits per heavy atom. The maximum Gasteiger partial charge on any atom is 0.149 e. The largest absolute Gasteiger partial charge is 0.481 e. The summed E-state index contributed by atoms with van der Waals surface area (Å²) in [5.74, 6) is 7.13. The summed E-state index contributed by atoms with van der Waals surface area (Å²) < 4.78 is 5.50. The minimum absolute atomic E-state index is 0. The van der Waals surface area contributed by atoms with Gasteiger partial charge in [0.05, 0.1) is 6.54 Å². The fourth-order valence-corrected chi connectivity index (χ4v) is 1.97. The van der Waals surface area contributed by atoms with E-state index in [1.807, 2.05) is 30.3 Å². The van der Waals surface area contributed by atoms with Crippen molar-refractivity contribution < 1.29 is 4.74 Å². The molecule has 1 aromatic rings. The van der Waals surface area contributed by atoms with E-state index in [-0.39, 0.29) is 12.4 Å². The van der Waals surface area contributed by atoms with Gasteiger partial charge in [-0.1, -0.05) is 36.5 Å². The van der Waals surface area contributed by atoms with E-state index >= 15 is 0 Å². The number of hydrogen-bond acceptors (Lipinski definition) is 2. The Kier molecular flexibility index (Phi) is 7.32. The van der Waals surface area contributed by atoms with E-state index in [0.717, 1.165) is 12.3 Å². The zero-order valence-corrected chi connectivity index (χ0v) is 11.4. The minimum Gasteiger partial charge on any atom is -0.481 e. The van der Waals surface area contributed by atoms with Crippen molar-refractivity contribution in [2.45, 2.75) is 19.3 Å². The van der Waals surface area contributed by atoms with Crippen LogP contribution >= 0.6 is 12.4 Å². The molecular formula is C15H20ClNO. The minimum atomic E-state index is 0. The lowest BCUT2D eigenvalue weighted by molar-refractivity contribution is 0.255. The Hall–Kier alpha value is -1.17. The molecule has 0 radical (unpaired) electrons. The molecule has 0 bridgehead atoms. The summed E-state index contributed by atoms with van der Waals surface area (Å²) in [6.45, 7) is 3.78. The van der Waals surface area contributed by atoms with Crippen LogP contribution in [-0.4, -0.2) is 31.1 Å². The number of para-hydroxylation sites is 1. The standard InChI is InChI=1S/C15H19NO.ClH/c1-3-9-15(10-4-1)17-14-8-7-13-16-11-5-2-6-12-16;/h1,3-4,9-10H,2,5-6,11-14H2;1H. The molecule has 0 amide bonds. The van der Waals surface area contributed by atoms with Crippen LogP contribution in [0.15, 0.2) is 30.3 Å². The number of benzene rings is 1. The summed E-state index contributed by atoms with van der Waals surface area (Å²) in [5.41, 5.74) is 0. The van der Waals surface area contributed by atoms with Crippen molar-refractivity contribution in [1.82, 2.24) is 4.90 Å². The number of hydrogen-bond donors (Lipinski definition) is 0. The van der Waals surface area contributed by atoms with Gasteiger partial charge in [0.25, 0.3) is 0 Å². The van der Waals surface area contributed by atoms with E-state index < -0.39 is 0 Å². The summed E-state index contributed by atoms with van der Waals surface area (Å²) in [5, 5.41) is 0. The van der Waals surface area contributed by atoms with E-state index in [1.54, 1.807) is 0 Å². The molecule has 1 aromatic carbocycles. The van der Waals surface area contributed by atoms with Gasteiger partial charge in [-0.3, -0.25) is 4.90 Å². The summed E-state index contributed by atoms with van der Waals surface area (Å²) in [6, 6.07) is 9.82. The first-order valence-corrected chi connectivity index (χ1v) is 6.31. The molecule has 0 saturated carbocycles. The highest BCUT2D eigenvalue weighted by molar-refractivity contribution is 5.85. The maximum absolute atomic E-state index is 5.50. The van der Waals surface area contributed by atoms with Gasteiger partial charge in [0.15, 0.2) is 0 Å². The number of halogens is 1. The third-order valence-electron chi connectivity index (χ3n) is 2.93. The molecule has 0 aliphatic carbocycles. The van der Waals surface area contributed by atoms with Crippen LogP contribution in [0.5, 0.6) is 5.75 Å². The molecule has 1 aliphatic heterocycles. The van der Waals surface area contributed by atoms with Crippen LogP contribution < -0.4 is 4.74 Å². The Morgan fingerprint density at radius 1 is 1.00 bits per heavy atom. The third-order valence-corrected chi connectivity index (χ3v) is 2.93. The van der Waals surface area contributed by atoms with E-state index in [0.29, 0.717) is 6.61 Å². The molecule has 0 atom stereocenters. The molecule has 98 valence electrons. The van der Waals surface area contributed by atoms with Gasteiger partial charge in [-0.05, 0) is 38.1 Å². The predicted octanol–water partition coefficient (Wildman–Crippen LogP) is 2.98. The van der Waals surface area contributed by atoms with Crippen molar-refractivity contribution in [2.75, 3.05) is 26.2 Å². The monoisotopic (exact) mass is 265 g/mol. The van der Waals surface area contributed by atoms with E-state index in [1.165, 1.54) is 32.4 Å². The summed E-state index contributed by atoms with van der Waals surface area (Å²) >= 11 is 0. The van der Waals surface area contributed by atoms with Crippen molar-refractivity contribution in [3.8, 4) is 17.6 Å². The van der Waals surface area contributed by atoms with Crippen molar-refractivity contribution in [2.24, 2.45) is 0 Å². The predicted molar refractivity (Wildman–Crippen MR) is 77.3 cm³/mol. The molecule has 1 heterocycles. The van der Waals surface area contributed by atoms with Crippen LogP contribution in [0, 0.1) is 11.8 Å². The fraction of sp³-hybridized carbons (Fsp3) is 0.467. The van der Waals surface area contributed by atoms with Gasteiger partial charge in [-0.2, -0.15) is 0 Å². The molecule has 0 spiro atoms. The first kappa shape index (κ1) is 14.9. The molecular weight excluding hydrogens is 246 g/mol. The Balaban J connectivity index is 0.00000162. The average Bonchev–Trinajstić information content (AvgIpc) is 2.41. The second-order valence-corrected chi connectivity index (χ2v) is 4.29. The Bertz CT molecular complexity index is 376. The van der Waals surface area contributed by atoms with Crippen molar-refractivity contribution in [3.05, 3.63) is 30.3 Å². The van der Waals surface area contributed by atoms with Crippen molar-refractivity contribution >= 4 is 12.4 Å². The highest BCUT2D eigenvalue weighted by Gasteiger charge is 2.07. The summed E-state index contributed by atoms with van der Waals surface area (Å²) in [4.78, 5) is 2.42. The van der Waals surface area contributed by atoms with Crippen LogP contribution in [0.2, 0.25) is 0 Å². The van der Waals surface area contributed by atoms with Crippen LogP contribution in [0.1, 0.15) is 19.3 Å². The highest BCUT2D eigenvalue weighted by Crippen LogP contribution is 2.08. The van der Waals surface area contributed by atoms with Crippen molar-refractivity contribution in [1.29, 1.82) is 0 Å². The molecule has 1 aliphatic rings.